The zero-order valence-corrected chi connectivity index (χ0v) is 15.0. The average Bonchev–Trinajstić information content (AvgIpc) is 2.96. The van der Waals surface area contributed by atoms with Gasteiger partial charge in [0.05, 0.1) is 7.11 Å². The van der Waals surface area contributed by atoms with Crippen LogP contribution in [0.3, 0.4) is 0 Å². The Morgan fingerprint density at radius 2 is 1.73 bits per heavy atom. The number of rotatable bonds is 1. The number of fused-ring (bicyclic) bond motifs is 5. The van der Waals surface area contributed by atoms with E-state index in [1.54, 1.807) is 7.11 Å². The van der Waals surface area contributed by atoms with E-state index >= 15 is 0 Å². The largest absolute Gasteiger partial charge is 3.00 e. The number of aromatic nitrogens is 1. The molecule has 4 aromatic rings. The topological polar surface area (TPSA) is 14.2 Å². The molecule has 0 N–H and O–H groups in total. The third-order valence-electron chi connectivity index (χ3n) is 3.97. The Kier molecular flexibility index (Phi) is 5.56. The van der Waals surface area contributed by atoms with E-state index in [9.17, 15) is 0 Å². The van der Waals surface area contributed by atoms with Crippen molar-refractivity contribution in [2.75, 3.05) is 7.11 Å². The van der Waals surface area contributed by atoms with Gasteiger partial charge in [0.2, 0.25) is 0 Å². The van der Waals surface area contributed by atoms with Crippen molar-refractivity contribution >= 4 is 32.6 Å². The van der Waals surface area contributed by atoms with Crippen molar-refractivity contribution < 1.29 is 26.5 Å². The van der Waals surface area contributed by atoms with Crippen molar-refractivity contribution in [3.8, 4) is 5.75 Å². The van der Waals surface area contributed by atoms with E-state index in [-0.39, 0.29) is 36.6 Å². The van der Waals surface area contributed by atoms with Crippen molar-refractivity contribution in [3.63, 3.8) is 0 Å². The molecule has 111 valence electrons. The molecule has 3 heteroatoms. The number of aryl methyl sites for hydroxylation is 1. The first-order chi connectivity index (χ1) is 9.29. The molecule has 1 heterocycles. The molecule has 1 aromatic heterocycles. The van der Waals surface area contributed by atoms with Gasteiger partial charge in [-0.15, -0.1) is 35.0 Å². The second kappa shape index (κ2) is 6.64. The van der Waals surface area contributed by atoms with Crippen LogP contribution in [0.2, 0.25) is 0 Å². The zero-order chi connectivity index (χ0) is 13.0. The first kappa shape index (κ1) is 18.4. The first-order valence-corrected chi connectivity index (χ1v) is 6.40. The van der Waals surface area contributed by atoms with Gasteiger partial charge in [-0.3, -0.25) is 0 Å². The normalized spacial score (nSPS) is 10.1. The van der Waals surface area contributed by atoms with E-state index in [0.29, 0.717) is 0 Å². The standard InChI is InChI=1S/C17H14NO.2CH3.Ti/c1-18-15-8-7-12(19-2)10-14(15)17-13-6-4-3-5-11(13)9-16(17)18;;;/h3-10H,1-2H3;2*1H3;/q3*-1;+3. The molecule has 0 aliphatic carbocycles. The van der Waals surface area contributed by atoms with Crippen molar-refractivity contribution in [2.45, 2.75) is 0 Å². The Hall–Kier alpha value is -1.64. The summed E-state index contributed by atoms with van der Waals surface area (Å²) in [4.78, 5) is 0. The first-order valence-electron chi connectivity index (χ1n) is 6.40. The summed E-state index contributed by atoms with van der Waals surface area (Å²) >= 11 is 0. The van der Waals surface area contributed by atoms with Crippen LogP contribution in [-0.4, -0.2) is 11.7 Å². The monoisotopic (exact) mass is 326 g/mol. The molecule has 0 fully saturated rings. The molecule has 0 saturated carbocycles. The van der Waals surface area contributed by atoms with Gasteiger partial charge in [0.25, 0.3) is 0 Å². The van der Waals surface area contributed by atoms with E-state index in [4.69, 9.17) is 4.74 Å². The van der Waals surface area contributed by atoms with E-state index in [1.807, 2.05) is 6.07 Å². The fourth-order valence-corrected chi connectivity index (χ4v) is 3.02. The minimum atomic E-state index is 0. The Balaban J connectivity index is 0.000000807. The summed E-state index contributed by atoms with van der Waals surface area (Å²) in [6.07, 6.45) is 0. The average molecular weight is 326 g/mol. The fraction of sp³-hybridized carbons (Fsp3) is 0.105. The summed E-state index contributed by atoms with van der Waals surface area (Å²) in [5.41, 5.74) is 2.53. The van der Waals surface area contributed by atoms with Crippen LogP contribution in [0.25, 0.3) is 32.6 Å². The molecule has 0 aliphatic heterocycles. The van der Waals surface area contributed by atoms with E-state index < -0.39 is 0 Å². The zero-order valence-electron chi connectivity index (χ0n) is 13.5. The van der Waals surface area contributed by atoms with Crippen LogP contribution in [0.15, 0.2) is 48.5 Å². The molecular formula is C19H20NOTi. The Morgan fingerprint density at radius 1 is 1.00 bits per heavy atom. The molecule has 0 amide bonds. The van der Waals surface area contributed by atoms with Gasteiger partial charge in [-0.1, -0.05) is 11.5 Å². The molecule has 0 aliphatic rings. The summed E-state index contributed by atoms with van der Waals surface area (Å²) in [5.74, 6) is 0.908. The predicted molar refractivity (Wildman–Crippen MR) is 92.9 cm³/mol. The van der Waals surface area contributed by atoms with Gasteiger partial charge in [-0.25, -0.2) is 0 Å². The van der Waals surface area contributed by atoms with E-state index in [2.05, 4.69) is 54.1 Å². The van der Waals surface area contributed by atoms with E-state index in [1.165, 1.54) is 32.6 Å². The summed E-state index contributed by atoms with van der Waals surface area (Å²) in [6, 6.07) is 17.1. The fourth-order valence-electron chi connectivity index (χ4n) is 3.02. The van der Waals surface area contributed by atoms with Crippen molar-refractivity contribution in [1.82, 2.24) is 4.57 Å². The Bertz CT molecular complexity index is 917. The molecule has 0 unspecified atom stereocenters. The third-order valence-corrected chi connectivity index (χ3v) is 3.97. The van der Waals surface area contributed by atoms with Crippen LogP contribution in [0.1, 0.15) is 0 Å². The SMILES string of the molecule is COc1ccc2c(c1)c1c3ccccc3[cH-]c1n2C.[CH3-].[CH3-].[Ti+3]. The van der Waals surface area contributed by atoms with Gasteiger partial charge >= 0.3 is 21.7 Å². The number of ether oxygens (including phenoxy) is 1. The van der Waals surface area contributed by atoms with Gasteiger partial charge < -0.3 is 24.2 Å². The number of benzene rings is 2. The van der Waals surface area contributed by atoms with Crippen LogP contribution in [0.5, 0.6) is 5.75 Å². The van der Waals surface area contributed by atoms with Crippen LogP contribution in [-0.2, 0) is 28.8 Å². The molecule has 0 saturated heterocycles. The second-order valence-corrected chi connectivity index (χ2v) is 4.93. The maximum absolute atomic E-state index is 5.36. The molecule has 2 nitrogen and oxygen atoms in total. The van der Waals surface area contributed by atoms with Gasteiger partial charge in [0.15, 0.2) is 0 Å². The van der Waals surface area contributed by atoms with Crippen LogP contribution >= 0.6 is 0 Å². The summed E-state index contributed by atoms with van der Waals surface area (Å²) in [6.45, 7) is 0. The summed E-state index contributed by atoms with van der Waals surface area (Å²) in [5, 5.41) is 5.20. The molecule has 0 bridgehead atoms. The second-order valence-electron chi connectivity index (χ2n) is 4.93. The number of hydrogen-bond acceptors (Lipinski definition) is 1. The molecule has 0 spiro atoms. The Labute approximate surface area is 146 Å². The van der Waals surface area contributed by atoms with Crippen LogP contribution in [0.4, 0.5) is 0 Å². The molecule has 3 aromatic carbocycles. The molecule has 0 atom stereocenters. The van der Waals surface area contributed by atoms with Crippen LogP contribution < -0.4 is 4.74 Å². The molecule has 4 rings (SSSR count). The minimum Gasteiger partial charge on any atom is -0.497 e. The molecular weight excluding hydrogens is 306 g/mol. The maximum Gasteiger partial charge on any atom is 3.00 e. The number of methoxy groups -OCH3 is 1. The van der Waals surface area contributed by atoms with Crippen molar-refractivity contribution in [3.05, 3.63) is 63.4 Å². The minimum absolute atomic E-state index is 0. The number of hydrogen-bond donors (Lipinski definition) is 0. The van der Waals surface area contributed by atoms with Gasteiger partial charge in [-0.05, 0) is 29.1 Å². The van der Waals surface area contributed by atoms with Gasteiger partial charge in [0.1, 0.15) is 5.75 Å². The molecule has 1 radical (unpaired) electrons. The van der Waals surface area contributed by atoms with Gasteiger partial charge in [-0.2, -0.15) is 0 Å². The Morgan fingerprint density at radius 3 is 2.45 bits per heavy atom. The predicted octanol–water partition coefficient (Wildman–Crippen LogP) is 5.11. The summed E-state index contributed by atoms with van der Waals surface area (Å²) in [7, 11) is 3.83. The van der Waals surface area contributed by atoms with E-state index in [0.717, 1.165) is 5.75 Å². The van der Waals surface area contributed by atoms with Crippen LogP contribution in [0, 0.1) is 14.9 Å². The van der Waals surface area contributed by atoms with Crippen molar-refractivity contribution in [1.29, 1.82) is 0 Å². The number of nitrogens with zero attached hydrogens (tertiary/aromatic N) is 1. The smallest absolute Gasteiger partial charge is 0.497 e. The van der Waals surface area contributed by atoms with Crippen molar-refractivity contribution in [2.24, 2.45) is 7.05 Å². The maximum atomic E-state index is 5.36. The quantitative estimate of drug-likeness (QED) is 0.350. The van der Waals surface area contributed by atoms with Gasteiger partial charge in [0, 0.05) is 12.6 Å². The summed E-state index contributed by atoms with van der Waals surface area (Å²) < 4.78 is 7.61. The molecule has 22 heavy (non-hydrogen) atoms. The third kappa shape index (κ3) is 2.37.